The van der Waals surface area contributed by atoms with Gasteiger partial charge >= 0.3 is 0 Å². The minimum absolute atomic E-state index is 0.0196. The van der Waals surface area contributed by atoms with E-state index in [0.717, 1.165) is 41.9 Å². The lowest BCUT2D eigenvalue weighted by Gasteiger charge is -2.37. The zero-order valence-corrected chi connectivity index (χ0v) is 23.9. The van der Waals surface area contributed by atoms with Crippen molar-refractivity contribution in [3.63, 3.8) is 0 Å². The molecule has 1 aliphatic rings. The highest BCUT2D eigenvalue weighted by atomic mass is 32.2. The minimum atomic E-state index is -0.614. The number of nitrogens with zero attached hydrogens (tertiary/aromatic N) is 4. The van der Waals surface area contributed by atoms with E-state index in [1.54, 1.807) is 4.90 Å². The molecule has 0 spiro atoms. The SMILES string of the molecule is Cc1cc(C)nc(SCC(=O)N(Cc2ccccc2)C(C(=O)Nc2ccc(N(C)C)cc2)C2CC=CCC2)n1. The fourth-order valence-corrected chi connectivity index (χ4v) is 5.70. The highest BCUT2D eigenvalue weighted by Gasteiger charge is 2.36. The summed E-state index contributed by atoms with van der Waals surface area (Å²) < 4.78 is 0. The van der Waals surface area contributed by atoms with Gasteiger partial charge in [-0.3, -0.25) is 9.59 Å². The van der Waals surface area contributed by atoms with Crippen LogP contribution in [0.3, 0.4) is 0 Å². The van der Waals surface area contributed by atoms with Crippen LogP contribution in [0.2, 0.25) is 0 Å². The number of allylic oxidation sites excluding steroid dienone is 2. The third kappa shape index (κ3) is 7.93. The standard InChI is InChI=1S/C31H37N5O2S/c1-22-19-23(2)33-31(32-22)39-21-28(37)36(20-24-11-7-5-8-12-24)29(25-13-9-6-10-14-25)30(38)34-26-15-17-27(18-16-26)35(3)4/h5-9,11-12,15-19,25,29H,10,13-14,20-21H2,1-4H3,(H,34,38). The van der Waals surface area contributed by atoms with E-state index in [-0.39, 0.29) is 23.5 Å². The van der Waals surface area contributed by atoms with Crippen LogP contribution in [0.25, 0.3) is 0 Å². The van der Waals surface area contributed by atoms with Crippen LogP contribution >= 0.6 is 11.8 Å². The normalized spacial score (nSPS) is 15.4. The summed E-state index contributed by atoms with van der Waals surface area (Å²) in [5.41, 5.74) is 4.48. The van der Waals surface area contributed by atoms with Gasteiger partial charge in [0.05, 0.1) is 5.75 Å². The highest BCUT2D eigenvalue weighted by molar-refractivity contribution is 7.99. The van der Waals surface area contributed by atoms with Crippen molar-refractivity contribution in [1.29, 1.82) is 0 Å². The second-order valence-corrected chi connectivity index (χ2v) is 11.1. The molecule has 7 nitrogen and oxygen atoms in total. The highest BCUT2D eigenvalue weighted by Crippen LogP contribution is 2.29. The summed E-state index contributed by atoms with van der Waals surface area (Å²) >= 11 is 1.32. The van der Waals surface area contributed by atoms with Crippen LogP contribution in [0.5, 0.6) is 0 Å². The predicted molar refractivity (Wildman–Crippen MR) is 159 cm³/mol. The first-order chi connectivity index (χ1) is 18.8. The zero-order chi connectivity index (χ0) is 27.8. The molecule has 0 saturated carbocycles. The first-order valence-corrected chi connectivity index (χ1v) is 14.3. The second kappa shape index (κ2) is 13.4. The van der Waals surface area contributed by atoms with E-state index in [0.29, 0.717) is 17.4 Å². The molecule has 4 rings (SSSR count). The quantitative estimate of drug-likeness (QED) is 0.202. The number of aryl methyl sites for hydroxylation is 2. The Kier molecular flexibility index (Phi) is 9.76. The summed E-state index contributed by atoms with van der Waals surface area (Å²) in [5, 5.41) is 3.68. The third-order valence-electron chi connectivity index (χ3n) is 6.81. The zero-order valence-electron chi connectivity index (χ0n) is 23.1. The summed E-state index contributed by atoms with van der Waals surface area (Å²) in [6, 6.07) is 18.9. The molecule has 0 bridgehead atoms. The molecule has 3 aromatic rings. The predicted octanol–water partition coefficient (Wildman–Crippen LogP) is 5.64. The topological polar surface area (TPSA) is 78.4 Å². The first kappa shape index (κ1) is 28.4. The van der Waals surface area contributed by atoms with Crippen LogP contribution in [0.4, 0.5) is 11.4 Å². The molecule has 2 amide bonds. The lowest BCUT2D eigenvalue weighted by atomic mass is 9.86. The van der Waals surface area contributed by atoms with Crippen LogP contribution in [0.15, 0.2) is 78.0 Å². The van der Waals surface area contributed by atoms with Crippen molar-refractivity contribution in [2.75, 3.05) is 30.1 Å². The molecule has 2 atom stereocenters. The Balaban J connectivity index is 1.62. The van der Waals surface area contributed by atoms with Crippen LogP contribution in [-0.4, -0.2) is 52.6 Å². The molecule has 1 heterocycles. The van der Waals surface area contributed by atoms with Crippen molar-refractivity contribution < 1.29 is 9.59 Å². The maximum absolute atomic E-state index is 14.0. The maximum atomic E-state index is 14.0. The van der Waals surface area contributed by atoms with Gasteiger partial charge in [-0.25, -0.2) is 9.97 Å². The lowest BCUT2D eigenvalue weighted by Crippen LogP contribution is -2.51. The number of aromatic nitrogens is 2. The number of carbonyl (C=O) groups excluding carboxylic acids is 2. The summed E-state index contributed by atoms with van der Waals surface area (Å²) in [6.07, 6.45) is 6.78. The number of hydrogen-bond donors (Lipinski definition) is 1. The van der Waals surface area contributed by atoms with E-state index in [9.17, 15) is 9.59 Å². The Morgan fingerprint density at radius 2 is 1.69 bits per heavy atom. The molecular formula is C31H37N5O2S. The number of anilines is 2. The Morgan fingerprint density at radius 3 is 2.31 bits per heavy atom. The van der Waals surface area contributed by atoms with Crippen molar-refractivity contribution in [1.82, 2.24) is 14.9 Å². The van der Waals surface area contributed by atoms with Crippen LogP contribution < -0.4 is 10.2 Å². The largest absolute Gasteiger partial charge is 0.378 e. The van der Waals surface area contributed by atoms with Gasteiger partial charge in [0.2, 0.25) is 11.8 Å². The van der Waals surface area contributed by atoms with E-state index in [2.05, 4.69) is 27.4 Å². The molecule has 0 saturated heterocycles. The van der Waals surface area contributed by atoms with E-state index < -0.39 is 6.04 Å². The van der Waals surface area contributed by atoms with Crippen LogP contribution in [-0.2, 0) is 16.1 Å². The van der Waals surface area contributed by atoms with Crippen LogP contribution in [0.1, 0.15) is 36.2 Å². The summed E-state index contributed by atoms with van der Waals surface area (Å²) in [4.78, 5) is 40.6. The molecule has 39 heavy (non-hydrogen) atoms. The van der Waals surface area contributed by atoms with Gasteiger partial charge in [0.1, 0.15) is 6.04 Å². The second-order valence-electron chi connectivity index (χ2n) is 10.1. The maximum Gasteiger partial charge on any atom is 0.247 e. The molecule has 1 aliphatic carbocycles. The van der Waals surface area contributed by atoms with Crippen molar-refractivity contribution >= 4 is 35.0 Å². The minimum Gasteiger partial charge on any atom is -0.378 e. The Hall–Kier alpha value is -3.65. The van der Waals surface area contributed by atoms with E-state index >= 15 is 0 Å². The average molecular weight is 544 g/mol. The fourth-order valence-electron chi connectivity index (χ4n) is 4.86. The summed E-state index contributed by atoms with van der Waals surface area (Å²) in [7, 11) is 3.96. The van der Waals surface area contributed by atoms with E-state index in [1.165, 1.54) is 11.8 Å². The lowest BCUT2D eigenvalue weighted by molar-refractivity contribution is -0.139. The third-order valence-corrected chi connectivity index (χ3v) is 7.65. The van der Waals surface area contributed by atoms with Crippen LogP contribution in [0, 0.1) is 19.8 Å². The first-order valence-electron chi connectivity index (χ1n) is 13.3. The van der Waals surface area contributed by atoms with Crippen molar-refractivity contribution in [2.24, 2.45) is 5.92 Å². The molecule has 2 unspecified atom stereocenters. The number of thioether (sulfide) groups is 1. The smallest absolute Gasteiger partial charge is 0.247 e. The molecule has 0 aliphatic heterocycles. The van der Waals surface area contributed by atoms with Crippen molar-refractivity contribution in [3.05, 3.63) is 89.8 Å². The van der Waals surface area contributed by atoms with Gasteiger partial charge in [0.25, 0.3) is 0 Å². The Morgan fingerprint density at radius 1 is 1.00 bits per heavy atom. The molecular weight excluding hydrogens is 506 g/mol. The summed E-state index contributed by atoms with van der Waals surface area (Å²) in [6.45, 7) is 4.19. The number of carbonyl (C=O) groups is 2. The van der Waals surface area contributed by atoms with Gasteiger partial charge in [0, 0.05) is 43.4 Å². The monoisotopic (exact) mass is 543 g/mol. The van der Waals surface area contributed by atoms with Gasteiger partial charge < -0.3 is 15.1 Å². The number of rotatable bonds is 10. The summed E-state index contributed by atoms with van der Waals surface area (Å²) in [5.74, 6) is -0.0974. The van der Waals surface area contributed by atoms with Crippen molar-refractivity contribution in [2.45, 2.75) is 50.9 Å². The fraction of sp³-hybridized carbons (Fsp3) is 0.355. The van der Waals surface area contributed by atoms with Gasteiger partial charge in [-0.1, -0.05) is 54.2 Å². The number of benzene rings is 2. The number of amides is 2. The Labute approximate surface area is 235 Å². The molecule has 0 fully saturated rings. The molecule has 204 valence electrons. The molecule has 1 aromatic heterocycles. The molecule has 1 N–H and O–H groups in total. The van der Waals surface area contributed by atoms with Gasteiger partial charge in [-0.2, -0.15) is 0 Å². The van der Waals surface area contributed by atoms with E-state index in [1.807, 2.05) is 93.5 Å². The van der Waals surface area contributed by atoms with Gasteiger partial charge in [0.15, 0.2) is 5.16 Å². The van der Waals surface area contributed by atoms with Gasteiger partial charge in [-0.05, 0) is 74.9 Å². The molecule has 2 aromatic carbocycles. The van der Waals surface area contributed by atoms with Crippen molar-refractivity contribution in [3.8, 4) is 0 Å². The number of nitrogens with one attached hydrogen (secondary N) is 1. The van der Waals surface area contributed by atoms with Gasteiger partial charge in [-0.15, -0.1) is 0 Å². The number of hydrogen-bond acceptors (Lipinski definition) is 6. The average Bonchev–Trinajstić information content (AvgIpc) is 2.92. The van der Waals surface area contributed by atoms with E-state index in [4.69, 9.17) is 0 Å². The molecule has 8 heteroatoms. The Bertz CT molecular complexity index is 1270. The molecule has 0 radical (unpaired) electrons.